The second-order valence-electron chi connectivity index (χ2n) is 6.35. The van der Waals surface area contributed by atoms with E-state index in [0.29, 0.717) is 23.6 Å². The number of nitriles is 1. The second-order valence-corrected chi connectivity index (χ2v) is 7.46. The Hall–Kier alpha value is -2.71. The first-order valence-corrected chi connectivity index (χ1v) is 10.0. The molecule has 0 spiro atoms. The SMILES string of the molecule is CCCSC1=C(C#N)[C@@H](c2ccc(OCc3ccccc3)cc2)CC(=O)N1. The highest BCUT2D eigenvalue weighted by Gasteiger charge is 2.29. The standard InChI is InChI=1S/C22H22N2O2S/c1-2-12-27-22-20(14-23)19(13-21(25)24-22)17-8-10-18(11-9-17)26-15-16-6-4-3-5-7-16/h3-11,19H,2,12-13,15H2,1H3,(H,24,25)/t19-/m1/s1. The van der Waals surface area contributed by atoms with Crippen LogP contribution >= 0.6 is 11.8 Å². The van der Waals surface area contributed by atoms with Gasteiger partial charge in [0.15, 0.2) is 0 Å². The van der Waals surface area contributed by atoms with Crippen LogP contribution in [-0.4, -0.2) is 11.7 Å². The maximum Gasteiger partial charge on any atom is 0.225 e. The van der Waals surface area contributed by atoms with E-state index in [1.807, 2.05) is 54.6 Å². The Morgan fingerprint density at radius 3 is 2.59 bits per heavy atom. The van der Waals surface area contributed by atoms with Gasteiger partial charge in [0.05, 0.1) is 16.7 Å². The van der Waals surface area contributed by atoms with Gasteiger partial charge in [0, 0.05) is 12.3 Å². The minimum absolute atomic E-state index is 0.0398. The van der Waals surface area contributed by atoms with Gasteiger partial charge >= 0.3 is 0 Å². The lowest BCUT2D eigenvalue weighted by Crippen LogP contribution is -2.30. The summed E-state index contributed by atoms with van der Waals surface area (Å²) in [6.07, 6.45) is 1.28. The van der Waals surface area contributed by atoms with E-state index in [4.69, 9.17) is 4.74 Å². The number of thioether (sulfide) groups is 1. The van der Waals surface area contributed by atoms with Crippen molar-refractivity contribution < 1.29 is 9.53 Å². The maximum absolute atomic E-state index is 12.1. The van der Waals surface area contributed by atoms with Crippen molar-refractivity contribution in [1.29, 1.82) is 5.26 Å². The number of carbonyl (C=O) groups is 1. The zero-order valence-electron chi connectivity index (χ0n) is 15.3. The number of hydrogen-bond acceptors (Lipinski definition) is 4. The van der Waals surface area contributed by atoms with Crippen LogP contribution in [0.25, 0.3) is 0 Å². The smallest absolute Gasteiger partial charge is 0.225 e. The zero-order chi connectivity index (χ0) is 19.1. The van der Waals surface area contributed by atoms with Gasteiger partial charge in [0.25, 0.3) is 0 Å². The summed E-state index contributed by atoms with van der Waals surface area (Å²) in [6, 6.07) is 20.0. The lowest BCUT2D eigenvalue weighted by molar-refractivity contribution is -0.120. The minimum Gasteiger partial charge on any atom is -0.489 e. The normalized spacial score (nSPS) is 16.6. The van der Waals surface area contributed by atoms with Gasteiger partial charge < -0.3 is 10.1 Å². The van der Waals surface area contributed by atoms with Crippen LogP contribution in [-0.2, 0) is 11.4 Å². The van der Waals surface area contributed by atoms with E-state index in [-0.39, 0.29) is 11.8 Å². The van der Waals surface area contributed by atoms with E-state index in [0.717, 1.165) is 29.1 Å². The highest BCUT2D eigenvalue weighted by Crippen LogP contribution is 2.36. The first-order chi connectivity index (χ1) is 13.2. The van der Waals surface area contributed by atoms with Crippen molar-refractivity contribution in [3.05, 3.63) is 76.3 Å². The number of amides is 1. The molecule has 1 heterocycles. The molecule has 1 aliphatic rings. The van der Waals surface area contributed by atoms with Crippen LogP contribution in [0.15, 0.2) is 65.2 Å². The fourth-order valence-electron chi connectivity index (χ4n) is 2.96. The summed E-state index contributed by atoms with van der Waals surface area (Å²) in [5, 5.41) is 13.2. The lowest BCUT2D eigenvalue weighted by atomic mass is 9.87. The van der Waals surface area contributed by atoms with Gasteiger partial charge in [-0.1, -0.05) is 49.4 Å². The number of nitrogens with zero attached hydrogens (tertiary/aromatic N) is 1. The van der Waals surface area contributed by atoms with Gasteiger partial charge in [0.2, 0.25) is 5.91 Å². The number of allylic oxidation sites excluding steroid dienone is 1. The van der Waals surface area contributed by atoms with Crippen molar-refractivity contribution >= 4 is 17.7 Å². The summed E-state index contributed by atoms with van der Waals surface area (Å²) < 4.78 is 5.82. The van der Waals surface area contributed by atoms with Crippen molar-refractivity contribution in [1.82, 2.24) is 5.32 Å². The van der Waals surface area contributed by atoms with Crippen LogP contribution in [0, 0.1) is 11.3 Å². The first-order valence-electron chi connectivity index (χ1n) is 9.05. The van der Waals surface area contributed by atoms with Crippen molar-refractivity contribution in [2.24, 2.45) is 0 Å². The summed E-state index contributed by atoms with van der Waals surface area (Å²) in [5.41, 5.74) is 2.71. The minimum atomic E-state index is -0.203. The molecule has 4 nitrogen and oxygen atoms in total. The quantitative estimate of drug-likeness (QED) is 0.755. The first kappa shape index (κ1) is 19.1. The summed E-state index contributed by atoms with van der Waals surface area (Å²) in [5.74, 6) is 1.40. The van der Waals surface area contributed by atoms with Gasteiger partial charge in [-0.15, -0.1) is 11.8 Å². The number of benzene rings is 2. The molecule has 0 fully saturated rings. The van der Waals surface area contributed by atoms with Gasteiger partial charge in [-0.25, -0.2) is 0 Å². The largest absolute Gasteiger partial charge is 0.489 e. The topological polar surface area (TPSA) is 62.1 Å². The van der Waals surface area contributed by atoms with E-state index in [9.17, 15) is 10.1 Å². The van der Waals surface area contributed by atoms with E-state index >= 15 is 0 Å². The highest BCUT2D eigenvalue weighted by atomic mass is 32.2. The summed E-state index contributed by atoms with van der Waals surface area (Å²) >= 11 is 1.54. The van der Waals surface area contributed by atoms with Crippen LogP contribution in [0.4, 0.5) is 0 Å². The Labute approximate surface area is 164 Å². The van der Waals surface area contributed by atoms with Crippen LogP contribution < -0.4 is 10.1 Å². The number of rotatable bonds is 7. The van der Waals surface area contributed by atoms with Crippen LogP contribution in [0.3, 0.4) is 0 Å². The fraction of sp³-hybridized carbons (Fsp3) is 0.273. The molecule has 0 saturated carbocycles. The average Bonchev–Trinajstić information content (AvgIpc) is 2.71. The predicted molar refractivity (Wildman–Crippen MR) is 108 cm³/mol. The number of nitrogens with one attached hydrogen (secondary N) is 1. The number of hydrogen-bond donors (Lipinski definition) is 1. The Bertz CT molecular complexity index is 854. The molecule has 1 aliphatic heterocycles. The summed E-state index contributed by atoms with van der Waals surface area (Å²) in [4.78, 5) is 12.1. The molecule has 0 aromatic heterocycles. The maximum atomic E-state index is 12.1. The molecule has 0 aliphatic carbocycles. The molecule has 2 aromatic rings. The Morgan fingerprint density at radius 2 is 1.93 bits per heavy atom. The van der Waals surface area contributed by atoms with E-state index in [1.54, 1.807) is 11.8 Å². The van der Waals surface area contributed by atoms with Crippen molar-refractivity contribution in [3.8, 4) is 11.8 Å². The van der Waals surface area contributed by atoms with Crippen molar-refractivity contribution in [2.45, 2.75) is 32.3 Å². The monoisotopic (exact) mass is 378 g/mol. The third-order valence-electron chi connectivity index (χ3n) is 4.34. The van der Waals surface area contributed by atoms with E-state index < -0.39 is 0 Å². The molecule has 3 rings (SSSR count). The molecular formula is C22H22N2O2S. The summed E-state index contributed by atoms with van der Waals surface area (Å²) in [6.45, 7) is 2.59. The Balaban J connectivity index is 1.74. The van der Waals surface area contributed by atoms with Gasteiger partial charge in [-0.3, -0.25) is 4.79 Å². The Morgan fingerprint density at radius 1 is 1.19 bits per heavy atom. The molecule has 138 valence electrons. The van der Waals surface area contributed by atoms with Gasteiger partial charge in [-0.2, -0.15) is 5.26 Å². The number of carbonyl (C=O) groups excluding carboxylic acids is 1. The van der Waals surface area contributed by atoms with E-state index in [1.165, 1.54) is 0 Å². The molecule has 0 saturated heterocycles. The molecule has 1 atom stereocenters. The molecule has 2 aromatic carbocycles. The molecular weight excluding hydrogens is 356 g/mol. The molecule has 27 heavy (non-hydrogen) atoms. The van der Waals surface area contributed by atoms with Gasteiger partial charge in [-0.05, 0) is 35.4 Å². The third kappa shape index (κ3) is 4.93. The van der Waals surface area contributed by atoms with E-state index in [2.05, 4.69) is 18.3 Å². The third-order valence-corrected chi connectivity index (χ3v) is 5.56. The van der Waals surface area contributed by atoms with Crippen molar-refractivity contribution in [3.63, 3.8) is 0 Å². The van der Waals surface area contributed by atoms with Crippen LogP contribution in [0.1, 0.15) is 36.8 Å². The number of ether oxygens (including phenoxy) is 1. The lowest BCUT2D eigenvalue weighted by Gasteiger charge is -2.25. The van der Waals surface area contributed by atoms with Gasteiger partial charge in [0.1, 0.15) is 12.4 Å². The Kier molecular flexibility index (Phi) is 6.56. The second kappa shape index (κ2) is 9.29. The van der Waals surface area contributed by atoms with Crippen LogP contribution in [0.5, 0.6) is 5.75 Å². The molecule has 1 amide bonds. The molecule has 0 bridgehead atoms. The molecule has 0 unspecified atom stereocenters. The molecule has 5 heteroatoms. The molecule has 0 radical (unpaired) electrons. The van der Waals surface area contributed by atoms with Crippen LogP contribution in [0.2, 0.25) is 0 Å². The average molecular weight is 378 g/mol. The predicted octanol–water partition coefficient (Wildman–Crippen LogP) is 4.75. The molecule has 1 N–H and O–H groups in total. The fourth-order valence-corrected chi connectivity index (χ4v) is 3.90. The zero-order valence-corrected chi connectivity index (χ0v) is 16.1. The highest BCUT2D eigenvalue weighted by molar-refractivity contribution is 8.03. The van der Waals surface area contributed by atoms with Crippen molar-refractivity contribution in [2.75, 3.05) is 5.75 Å². The summed E-state index contributed by atoms with van der Waals surface area (Å²) in [7, 11) is 0.